The molecule has 2 aromatic carbocycles. The number of benzene rings is 2. The van der Waals surface area contributed by atoms with Crippen LogP contribution in [-0.2, 0) is 40.1 Å². The second-order valence-corrected chi connectivity index (χ2v) is 19.9. The average Bonchev–Trinajstić information content (AvgIpc) is 3.85. The monoisotopic (exact) mass is 993 g/mol. The van der Waals surface area contributed by atoms with E-state index < -0.39 is 59.2 Å². The maximum absolute atomic E-state index is 15.3. The van der Waals surface area contributed by atoms with E-state index in [2.05, 4.69) is 21.3 Å². The number of imide groups is 1. The van der Waals surface area contributed by atoms with Crippen LogP contribution in [0.25, 0.3) is 11.1 Å². The standard InChI is InChI=1S/C51H69F2N7O9S/c1-33(2)47(57-42(62)16-11-8-12-25-59-43(63)19-20-44(59)64)50(69)56-34(3)49(68)55-23-13-26-60(45(65)32-70-27-22-41(61)54-24-21-46(66)67)48(51(4,5)6)40-28-36(38-29-37(52)17-18-39(38)53)31-58(40)30-35-14-9-7-10-15-35/h7,9-10,14-15,17-20,28-29,31,33-34,42,47-48,57,62H,8,11-13,16,21-27,30,32H2,1-6H3,(H,54,61)(H,55,68)(H,56,69)(H,66,67)/t34-,42?,47-,48-/m0/s1. The quantitative estimate of drug-likeness (QED) is 0.0288. The van der Waals surface area contributed by atoms with Crippen LogP contribution in [0.15, 0.2) is 72.9 Å². The third kappa shape index (κ3) is 17.8. The summed E-state index contributed by atoms with van der Waals surface area (Å²) in [6, 6.07) is 12.2. The van der Waals surface area contributed by atoms with Crippen LogP contribution in [0, 0.1) is 23.0 Å². The van der Waals surface area contributed by atoms with Gasteiger partial charge in [0.25, 0.3) is 11.8 Å². The van der Waals surface area contributed by atoms with E-state index in [0.29, 0.717) is 43.5 Å². The number of nitrogens with one attached hydrogen (secondary N) is 4. The zero-order valence-electron chi connectivity index (χ0n) is 41.0. The van der Waals surface area contributed by atoms with Crippen LogP contribution >= 0.6 is 11.8 Å². The Bertz CT molecular complexity index is 2280. The Morgan fingerprint density at radius 3 is 2.20 bits per heavy atom. The van der Waals surface area contributed by atoms with Crippen molar-refractivity contribution in [3.8, 4) is 11.1 Å². The molecule has 0 fully saturated rings. The smallest absolute Gasteiger partial charge is 0.305 e. The lowest BCUT2D eigenvalue weighted by atomic mass is 9.83. The van der Waals surface area contributed by atoms with Crippen LogP contribution in [0.2, 0.25) is 0 Å². The molecule has 382 valence electrons. The predicted octanol–water partition coefficient (Wildman–Crippen LogP) is 5.54. The van der Waals surface area contributed by atoms with Gasteiger partial charge in [-0.2, -0.15) is 11.8 Å². The molecule has 1 aliphatic heterocycles. The predicted molar refractivity (Wildman–Crippen MR) is 264 cm³/mol. The normalized spacial score (nSPS) is 14.3. The van der Waals surface area contributed by atoms with E-state index in [-0.39, 0.29) is 92.1 Å². The van der Waals surface area contributed by atoms with Crippen LogP contribution < -0.4 is 21.3 Å². The Hall–Kier alpha value is -5.92. The number of carbonyl (C=O) groups excluding carboxylic acids is 6. The van der Waals surface area contributed by atoms with Crippen molar-refractivity contribution in [3.05, 3.63) is 95.8 Å². The van der Waals surface area contributed by atoms with Gasteiger partial charge in [0.2, 0.25) is 23.6 Å². The summed E-state index contributed by atoms with van der Waals surface area (Å²) in [5.41, 5.74) is 1.43. The van der Waals surface area contributed by atoms with Crippen molar-refractivity contribution >= 4 is 53.2 Å². The number of amides is 6. The van der Waals surface area contributed by atoms with Crippen molar-refractivity contribution in [1.29, 1.82) is 0 Å². The van der Waals surface area contributed by atoms with Crippen molar-refractivity contribution in [2.45, 2.75) is 117 Å². The van der Waals surface area contributed by atoms with E-state index in [1.165, 1.54) is 28.8 Å². The third-order valence-corrected chi connectivity index (χ3v) is 12.6. The molecule has 4 rings (SSSR count). The van der Waals surface area contributed by atoms with Gasteiger partial charge in [0.15, 0.2) is 0 Å². The highest BCUT2D eigenvalue weighted by molar-refractivity contribution is 7.99. The minimum absolute atomic E-state index is 0.0121. The highest BCUT2D eigenvalue weighted by Gasteiger charge is 2.37. The highest BCUT2D eigenvalue weighted by atomic mass is 32.2. The molecule has 0 saturated heterocycles. The van der Waals surface area contributed by atoms with E-state index in [1.54, 1.807) is 24.1 Å². The van der Waals surface area contributed by atoms with Gasteiger partial charge in [0, 0.05) is 80.1 Å². The van der Waals surface area contributed by atoms with Crippen LogP contribution in [0.4, 0.5) is 8.78 Å². The van der Waals surface area contributed by atoms with E-state index in [4.69, 9.17) is 5.11 Å². The zero-order valence-corrected chi connectivity index (χ0v) is 41.8. The number of nitrogens with zero attached hydrogens (tertiary/aromatic N) is 3. The van der Waals surface area contributed by atoms with Gasteiger partial charge < -0.3 is 35.6 Å². The second kappa shape index (κ2) is 27.5. The topological polar surface area (TPSA) is 219 Å². The number of thioether (sulfide) groups is 1. The molecule has 0 saturated carbocycles. The maximum Gasteiger partial charge on any atom is 0.305 e. The average molecular weight is 994 g/mol. The molecule has 0 bridgehead atoms. The number of aromatic nitrogens is 1. The maximum atomic E-state index is 15.3. The van der Waals surface area contributed by atoms with Crippen molar-refractivity contribution in [2.24, 2.45) is 11.3 Å². The Kier molecular flexibility index (Phi) is 22.2. The van der Waals surface area contributed by atoms with Crippen molar-refractivity contribution in [2.75, 3.05) is 37.7 Å². The Labute approximate surface area is 413 Å². The molecule has 2 heterocycles. The molecule has 0 aliphatic carbocycles. The molecule has 19 heteroatoms. The summed E-state index contributed by atoms with van der Waals surface area (Å²) in [7, 11) is 0. The number of hydrogen-bond acceptors (Lipinski definition) is 10. The number of rotatable bonds is 29. The largest absolute Gasteiger partial charge is 0.481 e. The molecular formula is C51H69F2N7O9S. The van der Waals surface area contributed by atoms with Crippen LogP contribution in [0.5, 0.6) is 0 Å². The summed E-state index contributed by atoms with van der Waals surface area (Å²) in [6.07, 6.45) is 5.45. The Morgan fingerprint density at radius 1 is 0.843 bits per heavy atom. The zero-order chi connectivity index (χ0) is 51.5. The van der Waals surface area contributed by atoms with Gasteiger partial charge in [0.05, 0.1) is 24.3 Å². The fourth-order valence-corrected chi connectivity index (χ4v) is 8.91. The summed E-state index contributed by atoms with van der Waals surface area (Å²) < 4.78 is 31.8. The fourth-order valence-electron chi connectivity index (χ4n) is 8.09. The first-order chi connectivity index (χ1) is 33.2. The van der Waals surface area contributed by atoms with Crippen LogP contribution in [-0.4, -0.2) is 122 Å². The molecule has 4 atom stereocenters. The van der Waals surface area contributed by atoms with E-state index in [9.17, 15) is 43.1 Å². The molecule has 1 aromatic heterocycles. The van der Waals surface area contributed by atoms with Gasteiger partial charge in [-0.15, -0.1) is 0 Å². The summed E-state index contributed by atoms with van der Waals surface area (Å²) >= 11 is 1.24. The van der Waals surface area contributed by atoms with Crippen LogP contribution in [0.3, 0.4) is 0 Å². The Morgan fingerprint density at radius 2 is 1.54 bits per heavy atom. The lowest BCUT2D eigenvalue weighted by Crippen LogP contribution is -2.55. The van der Waals surface area contributed by atoms with E-state index in [0.717, 1.165) is 23.8 Å². The number of aliphatic carboxylic acids is 1. The van der Waals surface area contributed by atoms with Gasteiger partial charge >= 0.3 is 5.97 Å². The summed E-state index contributed by atoms with van der Waals surface area (Å²) in [4.78, 5) is 91.0. The third-order valence-electron chi connectivity index (χ3n) is 11.7. The van der Waals surface area contributed by atoms with Gasteiger partial charge in [-0.3, -0.25) is 43.8 Å². The lowest BCUT2D eigenvalue weighted by Gasteiger charge is -2.41. The van der Waals surface area contributed by atoms with E-state index >= 15 is 4.39 Å². The first-order valence-corrected chi connectivity index (χ1v) is 24.9. The first-order valence-electron chi connectivity index (χ1n) is 23.8. The number of carboxylic acid groups (broad SMARTS) is 1. The number of halogens is 2. The molecule has 0 spiro atoms. The number of unbranched alkanes of at least 4 members (excludes halogenated alkanes) is 2. The summed E-state index contributed by atoms with van der Waals surface area (Å²) in [5.74, 6) is -4.48. The lowest BCUT2D eigenvalue weighted by molar-refractivity contribution is -0.138. The second-order valence-electron chi connectivity index (χ2n) is 18.8. The highest BCUT2D eigenvalue weighted by Crippen LogP contribution is 2.41. The number of carboxylic acids is 1. The molecule has 1 unspecified atom stereocenters. The van der Waals surface area contributed by atoms with Crippen molar-refractivity contribution in [1.82, 2.24) is 35.6 Å². The number of hydrogen-bond donors (Lipinski definition) is 6. The Balaban J connectivity index is 1.46. The number of aliphatic hydroxyl groups excluding tert-OH is 1. The van der Waals surface area contributed by atoms with Gasteiger partial charge in [0.1, 0.15) is 23.9 Å². The molecule has 70 heavy (non-hydrogen) atoms. The van der Waals surface area contributed by atoms with Gasteiger partial charge in [-0.1, -0.05) is 71.4 Å². The minimum atomic E-state index is -1.04. The van der Waals surface area contributed by atoms with Gasteiger partial charge in [-0.25, -0.2) is 8.78 Å². The molecule has 3 aromatic rings. The van der Waals surface area contributed by atoms with E-state index in [1.807, 2.05) is 69.5 Å². The molecule has 6 amide bonds. The fraction of sp³-hybridized carbons (Fsp3) is 0.510. The number of carbonyl (C=O) groups is 7. The molecule has 0 radical (unpaired) electrons. The van der Waals surface area contributed by atoms with Crippen molar-refractivity contribution in [3.63, 3.8) is 0 Å². The molecule has 16 nitrogen and oxygen atoms in total. The molecule has 6 N–H and O–H groups in total. The first kappa shape index (κ1) is 56.7. The van der Waals surface area contributed by atoms with Crippen LogP contribution in [0.1, 0.15) is 104 Å². The minimum Gasteiger partial charge on any atom is -0.481 e. The SMILES string of the molecule is CC(C)[C@H](NC(O)CCCCCN1C(=O)C=CC1=O)C(=O)N[C@@H](C)C(=O)NCCCN(C(=O)CSCCC(=O)NCCC(=O)O)[C@@H](c1cc(-c2cc(F)ccc2F)cn1Cc1ccccc1)C(C)(C)C. The molecule has 1 aliphatic rings. The van der Waals surface area contributed by atoms with Crippen molar-refractivity contribution < 1.29 is 52.6 Å². The number of aliphatic hydroxyl groups is 1. The molecular weight excluding hydrogens is 925 g/mol. The summed E-state index contributed by atoms with van der Waals surface area (Å²) in [6.45, 7) is 12.0. The summed E-state index contributed by atoms with van der Waals surface area (Å²) in [5, 5.41) is 30.8. The van der Waals surface area contributed by atoms with Gasteiger partial charge in [-0.05, 0) is 73.8 Å².